The quantitative estimate of drug-likeness (QED) is 0.798. The van der Waals surface area contributed by atoms with Gasteiger partial charge in [0.25, 0.3) is 0 Å². The number of alkyl halides is 3. The van der Waals surface area contributed by atoms with E-state index in [9.17, 15) is 18.3 Å². The van der Waals surface area contributed by atoms with Crippen LogP contribution in [0.2, 0.25) is 0 Å². The van der Waals surface area contributed by atoms with Crippen molar-refractivity contribution >= 4 is 0 Å². The number of rotatable bonds is 7. The topological polar surface area (TPSA) is 58.0 Å². The summed E-state index contributed by atoms with van der Waals surface area (Å²) < 4.78 is 37.9. The average Bonchev–Trinajstić information content (AvgIpc) is 2.61. The maximum atomic E-state index is 12.6. The molecule has 2 N–H and O–H groups in total. The molecule has 4 nitrogen and oxygen atoms in total. The predicted molar refractivity (Wildman–Crippen MR) is 89.6 cm³/mol. The fourth-order valence-corrected chi connectivity index (χ4v) is 2.41. The Kier molecular flexibility index (Phi) is 6.50. The van der Waals surface area contributed by atoms with Gasteiger partial charge in [-0.25, -0.2) is 9.97 Å². The molecular weight excluding hydrogens is 331 g/mol. The maximum Gasteiger partial charge on any atom is 0.416 e. The number of nitrogens with one attached hydrogen (secondary N) is 1. The second kappa shape index (κ2) is 8.40. The van der Waals surface area contributed by atoms with Crippen LogP contribution in [0.5, 0.6) is 0 Å². The van der Waals surface area contributed by atoms with Gasteiger partial charge in [-0.1, -0.05) is 32.4 Å². The summed E-state index contributed by atoms with van der Waals surface area (Å²) in [6.45, 7) is 4.60. The van der Waals surface area contributed by atoms with Crippen LogP contribution in [0.1, 0.15) is 31.5 Å². The zero-order valence-corrected chi connectivity index (χ0v) is 14.2. The van der Waals surface area contributed by atoms with Crippen molar-refractivity contribution in [3.8, 4) is 11.4 Å². The van der Waals surface area contributed by atoms with E-state index in [4.69, 9.17) is 0 Å². The third-order valence-corrected chi connectivity index (χ3v) is 4.26. The largest absolute Gasteiger partial charge is 0.416 e. The average molecular weight is 353 g/mol. The summed E-state index contributed by atoms with van der Waals surface area (Å²) in [5.74, 6) is 0.693. The molecule has 0 saturated carbocycles. The van der Waals surface area contributed by atoms with Crippen LogP contribution in [-0.2, 0) is 12.7 Å². The lowest BCUT2D eigenvalue weighted by molar-refractivity contribution is -0.137. The number of aliphatic hydroxyl groups excluding tert-OH is 1. The van der Waals surface area contributed by atoms with E-state index < -0.39 is 11.7 Å². The van der Waals surface area contributed by atoms with Crippen LogP contribution in [-0.4, -0.2) is 27.7 Å². The van der Waals surface area contributed by atoms with Gasteiger partial charge in [-0.2, -0.15) is 13.2 Å². The second-order valence-corrected chi connectivity index (χ2v) is 6.00. The SMILES string of the molecule is CCC(C)C(CO)NCc1ccnc(-c2ccc(C(F)(F)F)cc2)n1. The molecule has 0 aliphatic carbocycles. The molecule has 25 heavy (non-hydrogen) atoms. The molecule has 2 rings (SSSR count). The van der Waals surface area contributed by atoms with Crippen molar-refractivity contribution in [1.29, 1.82) is 0 Å². The number of halogens is 3. The Hall–Kier alpha value is -1.99. The molecule has 0 saturated heterocycles. The Labute approximate surface area is 145 Å². The Morgan fingerprint density at radius 2 is 1.84 bits per heavy atom. The van der Waals surface area contributed by atoms with Gasteiger partial charge in [-0.3, -0.25) is 0 Å². The minimum absolute atomic E-state index is 0.0329. The van der Waals surface area contributed by atoms with Gasteiger partial charge in [0.2, 0.25) is 0 Å². The van der Waals surface area contributed by atoms with Crippen molar-refractivity contribution in [2.24, 2.45) is 5.92 Å². The highest BCUT2D eigenvalue weighted by Gasteiger charge is 2.30. The Morgan fingerprint density at radius 3 is 2.40 bits per heavy atom. The lowest BCUT2D eigenvalue weighted by Crippen LogP contribution is -2.37. The minimum Gasteiger partial charge on any atom is -0.395 e. The zero-order chi connectivity index (χ0) is 18.4. The van der Waals surface area contributed by atoms with Crippen LogP contribution in [0, 0.1) is 5.92 Å². The first-order chi connectivity index (χ1) is 11.8. The van der Waals surface area contributed by atoms with Gasteiger partial charge in [0.1, 0.15) is 0 Å². The van der Waals surface area contributed by atoms with E-state index in [1.165, 1.54) is 12.1 Å². The van der Waals surface area contributed by atoms with Gasteiger partial charge in [0.15, 0.2) is 5.82 Å². The lowest BCUT2D eigenvalue weighted by Gasteiger charge is -2.22. The first-order valence-electron chi connectivity index (χ1n) is 8.19. The van der Waals surface area contributed by atoms with E-state index in [1.54, 1.807) is 12.3 Å². The van der Waals surface area contributed by atoms with Crippen LogP contribution in [0.15, 0.2) is 36.5 Å². The first-order valence-corrected chi connectivity index (χ1v) is 8.19. The van der Waals surface area contributed by atoms with Crippen LogP contribution < -0.4 is 5.32 Å². The minimum atomic E-state index is -4.36. The van der Waals surface area contributed by atoms with Gasteiger partial charge in [0.05, 0.1) is 17.9 Å². The molecule has 136 valence electrons. The molecule has 0 spiro atoms. The van der Waals surface area contributed by atoms with Crippen LogP contribution in [0.4, 0.5) is 13.2 Å². The van der Waals surface area contributed by atoms with E-state index in [0.29, 0.717) is 29.5 Å². The molecule has 2 unspecified atom stereocenters. The normalized spacial score (nSPS) is 14.3. The highest BCUT2D eigenvalue weighted by molar-refractivity contribution is 5.55. The van der Waals surface area contributed by atoms with E-state index in [0.717, 1.165) is 18.6 Å². The van der Waals surface area contributed by atoms with Crippen molar-refractivity contribution in [1.82, 2.24) is 15.3 Å². The first kappa shape index (κ1) is 19.3. The maximum absolute atomic E-state index is 12.6. The van der Waals surface area contributed by atoms with Crippen molar-refractivity contribution < 1.29 is 18.3 Å². The molecule has 0 aliphatic rings. The van der Waals surface area contributed by atoms with Crippen molar-refractivity contribution in [3.63, 3.8) is 0 Å². The summed E-state index contributed by atoms with van der Waals surface area (Å²) in [6, 6.07) is 6.49. The number of hydrogen-bond acceptors (Lipinski definition) is 4. The lowest BCUT2D eigenvalue weighted by atomic mass is 10.00. The fourth-order valence-electron chi connectivity index (χ4n) is 2.41. The molecule has 1 heterocycles. The molecule has 0 aliphatic heterocycles. The van der Waals surface area contributed by atoms with Crippen molar-refractivity contribution in [3.05, 3.63) is 47.8 Å². The van der Waals surface area contributed by atoms with Gasteiger partial charge >= 0.3 is 6.18 Å². The molecule has 0 radical (unpaired) electrons. The third kappa shape index (κ3) is 5.24. The summed E-state index contributed by atoms with van der Waals surface area (Å²) in [4.78, 5) is 8.52. The second-order valence-electron chi connectivity index (χ2n) is 6.00. The van der Waals surface area contributed by atoms with Crippen molar-refractivity contribution in [2.45, 2.75) is 39.0 Å². The fraction of sp³-hybridized carbons (Fsp3) is 0.444. The Bertz CT molecular complexity index is 674. The molecule has 0 amide bonds. The summed E-state index contributed by atoms with van der Waals surface area (Å²) in [7, 11) is 0. The molecule has 1 aromatic carbocycles. The molecular formula is C18H22F3N3O. The Morgan fingerprint density at radius 1 is 1.16 bits per heavy atom. The molecule has 0 fully saturated rings. The number of aromatic nitrogens is 2. The highest BCUT2D eigenvalue weighted by Crippen LogP contribution is 2.30. The molecule has 7 heteroatoms. The zero-order valence-electron chi connectivity index (χ0n) is 14.2. The molecule has 2 atom stereocenters. The van der Waals surface area contributed by atoms with Crippen LogP contribution in [0.3, 0.4) is 0 Å². The number of hydrogen-bond donors (Lipinski definition) is 2. The van der Waals surface area contributed by atoms with E-state index in [2.05, 4.69) is 29.1 Å². The molecule has 0 bridgehead atoms. The van der Waals surface area contributed by atoms with E-state index in [-0.39, 0.29) is 12.6 Å². The highest BCUT2D eigenvalue weighted by atomic mass is 19.4. The smallest absolute Gasteiger partial charge is 0.395 e. The van der Waals surface area contributed by atoms with E-state index >= 15 is 0 Å². The van der Waals surface area contributed by atoms with Gasteiger partial charge < -0.3 is 10.4 Å². The predicted octanol–water partition coefficient (Wildman–Crippen LogP) is 3.66. The molecule has 1 aromatic heterocycles. The van der Waals surface area contributed by atoms with Crippen LogP contribution in [0.25, 0.3) is 11.4 Å². The Balaban J connectivity index is 2.10. The van der Waals surface area contributed by atoms with Crippen molar-refractivity contribution in [2.75, 3.05) is 6.61 Å². The van der Waals surface area contributed by atoms with Gasteiger partial charge in [-0.05, 0) is 24.1 Å². The summed E-state index contributed by atoms with van der Waals surface area (Å²) in [5.41, 5.74) is 0.538. The summed E-state index contributed by atoms with van der Waals surface area (Å²) >= 11 is 0. The summed E-state index contributed by atoms with van der Waals surface area (Å²) in [6.07, 6.45) is -1.84. The van der Waals surface area contributed by atoms with Gasteiger partial charge in [0, 0.05) is 24.3 Å². The van der Waals surface area contributed by atoms with Gasteiger partial charge in [-0.15, -0.1) is 0 Å². The number of benzene rings is 1. The third-order valence-electron chi connectivity index (χ3n) is 4.26. The van der Waals surface area contributed by atoms with E-state index in [1.807, 2.05) is 0 Å². The van der Waals surface area contributed by atoms with Crippen LogP contribution >= 0.6 is 0 Å². The summed E-state index contributed by atoms with van der Waals surface area (Å²) in [5, 5.41) is 12.7. The monoisotopic (exact) mass is 353 g/mol. The standard InChI is InChI=1S/C18H22F3N3O/c1-3-12(2)16(11-25)23-10-15-8-9-22-17(24-15)13-4-6-14(7-5-13)18(19,20)21/h4-9,12,16,23,25H,3,10-11H2,1-2H3. The molecule has 2 aromatic rings. The number of nitrogens with zero attached hydrogens (tertiary/aromatic N) is 2. The number of aliphatic hydroxyl groups is 1.